The highest BCUT2D eigenvalue weighted by Crippen LogP contribution is 2.34. The number of nitro benzene ring substituents is 1. The van der Waals surface area contributed by atoms with Crippen LogP contribution >= 0.6 is 34.8 Å². The zero-order valence-corrected chi connectivity index (χ0v) is 18.1. The topological polar surface area (TPSA) is 84.7 Å². The Kier molecular flexibility index (Phi) is 7.62. The Bertz CT molecular complexity index is 742. The van der Waals surface area contributed by atoms with E-state index in [4.69, 9.17) is 39.5 Å². The first kappa shape index (κ1) is 22.6. The van der Waals surface area contributed by atoms with Crippen molar-refractivity contribution in [3.05, 3.63) is 39.9 Å². The molecule has 0 saturated carbocycles. The summed E-state index contributed by atoms with van der Waals surface area (Å²) < 4.78 is 4.00. The van der Waals surface area contributed by atoms with Crippen molar-refractivity contribution in [2.75, 3.05) is 19.7 Å². The summed E-state index contributed by atoms with van der Waals surface area (Å²) in [4.78, 5) is 25.4. The summed E-state index contributed by atoms with van der Waals surface area (Å²) in [6, 6.07) is 5.82. The predicted octanol–water partition coefficient (Wildman–Crippen LogP) is 4.30. The van der Waals surface area contributed by atoms with Crippen molar-refractivity contribution >= 4 is 46.4 Å². The monoisotopic (exact) mass is 463 g/mol. The lowest BCUT2D eigenvalue weighted by Gasteiger charge is -2.44. The highest BCUT2D eigenvalue weighted by Gasteiger charge is 2.38. The molecule has 10 heteroatoms. The highest BCUT2D eigenvalue weighted by molar-refractivity contribution is 6.68. The minimum atomic E-state index is -1.88. The molecule has 3 atom stereocenters. The number of nitrogens with one attached hydrogen (secondary N) is 1. The number of piperidine rings is 2. The number of nitrogens with zero attached hydrogens (tertiary/aromatic N) is 2. The third-order valence-corrected chi connectivity index (χ3v) is 6.18. The van der Waals surface area contributed by atoms with Crippen LogP contribution in [-0.2, 0) is 4.74 Å². The van der Waals surface area contributed by atoms with E-state index in [9.17, 15) is 14.9 Å². The summed E-state index contributed by atoms with van der Waals surface area (Å²) in [7, 11) is 0. The summed E-state index contributed by atoms with van der Waals surface area (Å²) in [5.41, 5.74) is -0.0956. The molecule has 3 rings (SSSR count). The molecular weight excluding hydrogens is 441 g/mol. The van der Waals surface area contributed by atoms with Gasteiger partial charge in [-0.25, -0.2) is 0 Å². The third kappa shape index (κ3) is 5.95. The zero-order valence-electron chi connectivity index (χ0n) is 15.9. The number of fused-ring (bicyclic) bond motifs is 1. The number of halogens is 3. The van der Waals surface area contributed by atoms with Gasteiger partial charge >= 0.3 is 0 Å². The molecule has 1 N–H and O–H groups in total. The van der Waals surface area contributed by atoms with Gasteiger partial charge in [0.2, 0.25) is 3.79 Å². The van der Waals surface area contributed by atoms with E-state index < -0.39 is 20.9 Å². The number of hydrogen-bond acceptors (Lipinski definition) is 5. The Balaban J connectivity index is 1.65. The van der Waals surface area contributed by atoms with Gasteiger partial charge in [0.15, 0.2) is 6.23 Å². The van der Waals surface area contributed by atoms with Gasteiger partial charge in [0, 0.05) is 23.7 Å². The molecule has 0 aliphatic carbocycles. The maximum atomic E-state index is 12.6. The molecule has 0 spiro atoms. The molecule has 1 aromatic carbocycles. The van der Waals surface area contributed by atoms with Crippen LogP contribution in [0.15, 0.2) is 24.3 Å². The quantitative estimate of drug-likeness (QED) is 0.294. The molecule has 29 heavy (non-hydrogen) atoms. The largest absolute Gasteiger partial charge is 0.354 e. The van der Waals surface area contributed by atoms with Crippen molar-refractivity contribution in [1.29, 1.82) is 0 Å². The van der Waals surface area contributed by atoms with Crippen molar-refractivity contribution in [3.8, 4) is 0 Å². The predicted molar refractivity (Wildman–Crippen MR) is 113 cm³/mol. The molecule has 2 saturated heterocycles. The lowest BCUT2D eigenvalue weighted by molar-refractivity contribution is -0.384. The van der Waals surface area contributed by atoms with Gasteiger partial charge < -0.3 is 15.0 Å². The van der Waals surface area contributed by atoms with Crippen LogP contribution in [0.25, 0.3) is 0 Å². The SMILES string of the molecule is O=C(N[C@H](OC[C@H]1CCCN2CCCC[C@H]12)C(Cl)(Cl)Cl)c1cccc([N+](=O)[O-])c1. The lowest BCUT2D eigenvalue weighted by atomic mass is 9.84. The highest BCUT2D eigenvalue weighted by atomic mass is 35.6. The van der Waals surface area contributed by atoms with Gasteiger partial charge in [0.1, 0.15) is 0 Å². The number of alkyl halides is 3. The van der Waals surface area contributed by atoms with Gasteiger partial charge in [0.05, 0.1) is 11.5 Å². The van der Waals surface area contributed by atoms with E-state index in [2.05, 4.69) is 10.2 Å². The van der Waals surface area contributed by atoms with Crippen molar-refractivity contribution in [2.45, 2.75) is 48.2 Å². The van der Waals surface area contributed by atoms with Crippen LogP contribution in [0, 0.1) is 16.0 Å². The first-order chi connectivity index (χ1) is 13.8. The minimum Gasteiger partial charge on any atom is -0.354 e. The molecule has 0 unspecified atom stereocenters. The molecule has 0 aromatic heterocycles. The van der Waals surface area contributed by atoms with Crippen molar-refractivity contribution < 1.29 is 14.5 Å². The summed E-state index contributed by atoms with van der Waals surface area (Å²) in [5, 5.41) is 13.5. The fourth-order valence-corrected chi connectivity index (χ4v) is 4.53. The molecule has 2 heterocycles. The molecule has 2 aliphatic rings. The van der Waals surface area contributed by atoms with Crippen molar-refractivity contribution in [3.63, 3.8) is 0 Å². The Labute approximate surface area is 184 Å². The number of rotatable bonds is 6. The first-order valence-corrected chi connectivity index (χ1v) is 10.9. The maximum Gasteiger partial charge on any atom is 0.270 e. The van der Waals surface area contributed by atoms with Crippen LogP contribution < -0.4 is 5.32 Å². The van der Waals surface area contributed by atoms with E-state index in [1.165, 1.54) is 37.1 Å². The van der Waals surface area contributed by atoms with Crippen LogP contribution in [0.4, 0.5) is 5.69 Å². The second-order valence-electron chi connectivity index (χ2n) is 7.54. The van der Waals surface area contributed by atoms with E-state index in [0.29, 0.717) is 18.6 Å². The minimum absolute atomic E-state index is 0.0955. The van der Waals surface area contributed by atoms with Gasteiger partial charge in [-0.15, -0.1) is 0 Å². The number of non-ortho nitro benzene ring substituents is 1. The summed E-state index contributed by atoms with van der Waals surface area (Å²) in [5.74, 6) is -0.290. The summed E-state index contributed by atoms with van der Waals surface area (Å²) >= 11 is 18.1. The Morgan fingerprint density at radius 1 is 1.28 bits per heavy atom. The lowest BCUT2D eigenvalue weighted by Crippen LogP contribution is -2.51. The van der Waals surface area contributed by atoms with Crippen LogP contribution in [0.5, 0.6) is 0 Å². The number of carbonyl (C=O) groups excluding carboxylic acids is 1. The first-order valence-electron chi connectivity index (χ1n) is 9.73. The van der Waals surface area contributed by atoms with Crippen LogP contribution in [0.2, 0.25) is 0 Å². The number of carbonyl (C=O) groups is 1. The van der Waals surface area contributed by atoms with E-state index >= 15 is 0 Å². The van der Waals surface area contributed by atoms with Crippen molar-refractivity contribution in [1.82, 2.24) is 10.2 Å². The Morgan fingerprint density at radius 3 is 2.76 bits per heavy atom. The smallest absolute Gasteiger partial charge is 0.270 e. The van der Waals surface area contributed by atoms with Gasteiger partial charge in [-0.3, -0.25) is 14.9 Å². The number of amides is 1. The van der Waals surface area contributed by atoms with Gasteiger partial charge in [-0.1, -0.05) is 47.3 Å². The van der Waals surface area contributed by atoms with Crippen LogP contribution in [0.1, 0.15) is 42.5 Å². The van der Waals surface area contributed by atoms with Gasteiger partial charge in [0.25, 0.3) is 11.6 Å². The molecular formula is C19H24Cl3N3O4. The van der Waals surface area contributed by atoms with Crippen molar-refractivity contribution in [2.24, 2.45) is 5.92 Å². The Hall–Kier alpha value is -1.12. The fraction of sp³-hybridized carbons (Fsp3) is 0.632. The van der Waals surface area contributed by atoms with E-state index in [-0.39, 0.29) is 11.3 Å². The molecule has 0 radical (unpaired) electrons. The second kappa shape index (κ2) is 9.79. The molecule has 1 aromatic rings. The third-order valence-electron chi connectivity index (χ3n) is 5.58. The van der Waals surface area contributed by atoms with E-state index in [0.717, 1.165) is 32.4 Å². The van der Waals surface area contributed by atoms with E-state index in [1.807, 2.05) is 0 Å². The molecule has 1 amide bonds. The molecule has 2 aliphatic heterocycles. The molecule has 2 fully saturated rings. The fourth-order valence-electron chi connectivity index (χ4n) is 4.17. The number of hydrogen-bond donors (Lipinski definition) is 1. The van der Waals surface area contributed by atoms with Crippen LogP contribution in [0.3, 0.4) is 0 Å². The van der Waals surface area contributed by atoms with E-state index in [1.54, 1.807) is 0 Å². The Morgan fingerprint density at radius 2 is 2.03 bits per heavy atom. The standard InChI is InChI=1S/C19H24Cl3N3O4/c20-19(21,22)18(23-17(26)13-5-3-7-15(11-13)25(27)28)29-12-14-6-4-10-24-9-2-1-8-16(14)24/h3,5,7,11,14,16,18H,1-2,4,6,8-10,12H2,(H,23,26)/t14-,16-,18-/m1/s1. The van der Waals surface area contributed by atoms with Crippen LogP contribution in [-0.4, -0.2) is 51.5 Å². The number of benzene rings is 1. The number of ether oxygens (including phenoxy) is 1. The average Bonchev–Trinajstić information content (AvgIpc) is 2.70. The van der Waals surface area contributed by atoms with Gasteiger partial charge in [-0.2, -0.15) is 0 Å². The normalized spacial score (nSPS) is 23.8. The number of nitro groups is 1. The molecule has 0 bridgehead atoms. The second-order valence-corrected chi connectivity index (χ2v) is 9.91. The average molecular weight is 465 g/mol. The maximum absolute atomic E-state index is 12.6. The summed E-state index contributed by atoms with van der Waals surface area (Å²) in [6.07, 6.45) is 4.52. The zero-order chi connectivity index (χ0) is 21.0. The molecule has 7 nitrogen and oxygen atoms in total. The summed E-state index contributed by atoms with van der Waals surface area (Å²) in [6.45, 7) is 2.59. The van der Waals surface area contributed by atoms with Gasteiger partial charge in [-0.05, 0) is 50.8 Å². The molecule has 160 valence electrons.